The van der Waals surface area contributed by atoms with Crippen LogP contribution in [0.25, 0.3) is 11.2 Å². The lowest BCUT2D eigenvalue weighted by Crippen LogP contribution is -2.38. The van der Waals surface area contributed by atoms with Crippen LogP contribution in [0.4, 0.5) is 5.82 Å². The summed E-state index contributed by atoms with van der Waals surface area (Å²) in [6.45, 7) is 7.62. The van der Waals surface area contributed by atoms with Gasteiger partial charge in [0.25, 0.3) is 11.8 Å². The lowest BCUT2D eigenvalue weighted by Gasteiger charge is -2.23. The van der Waals surface area contributed by atoms with Gasteiger partial charge in [-0.3, -0.25) is 14.2 Å². The average Bonchev–Trinajstić information content (AvgIpc) is 3.57. The van der Waals surface area contributed by atoms with Crippen LogP contribution in [0.2, 0.25) is 0 Å². The van der Waals surface area contributed by atoms with Gasteiger partial charge in [0.1, 0.15) is 24.5 Å². The van der Waals surface area contributed by atoms with E-state index in [0.717, 1.165) is 4.90 Å². The number of carbonyl (C=O) groups excluding carboxylic acids is 2. The molecule has 0 radical (unpaired) electrons. The molecule has 10 heteroatoms. The summed E-state index contributed by atoms with van der Waals surface area (Å²) < 4.78 is 19.7. The molecule has 2 aliphatic heterocycles. The zero-order chi connectivity index (χ0) is 25.7. The van der Waals surface area contributed by atoms with Gasteiger partial charge in [0.2, 0.25) is 6.23 Å². The second-order valence-corrected chi connectivity index (χ2v) is 9.19. The molecule has 2 aliphatic rings. The maximum Gasteiger partial charge on any atom is 0.266 e. The van der Waals surface area contributed by atoms with Crippen LogP contribution in [0.5, 0.6) is 0 Å². The molecule has 0 saturated carbocycles. The van der Waals surface area contributed by atoms with Crippen LogP contribution in [0, 0.1) is 0 Å². The number of fused-ring (bicyclic) bond motifs is 2. The van der Waals surface area contributed by atoms with E-state index in [1.165, 1.54) is 12.7 Å². The number of anilines is 1. The Hall–Kier alpha value is -4.41. The van der Waals surface area contributed by atoms with Gasteiger partial charge < -0.3 is 14.2 Å². The topological polar surface area (TPSA) is 109 Å². The third-order valence-electron chi connectivity index (χ3n) is 6.27. The first-order valence-corrected chi connectivity index (χ1v) is 11.7. The molecule has 37 heavy (non-hydrogen) atoms. The summed E-state index contributed by atoms with van der Waals surface area (Å²) in [5.74, 6) is -1.38. The van der Waals surface area contributed by atoms with Crippen LogP contribution < -0.4 is 4.90 Å². The van der Waals surface area contributed by atoms with Crippen molar-refractivity contribution < 1.29 is 23.8 Å². The van der Waals surface area contributed by atoms with E-state index < -0.39 is 36.0 Å². The molecule has 2 aromatic heterocycles. The maximum atomic E-state index is 13.7. The standard InChI is InChI=1S/C27H23N5O5/c1-16-20-21(37-27(2,3)36-20)26(35-16)31-15-30-19-22(31)28-14-29-23(19)32(24(33)17-10-6-4-7-11-17)25(34)18-12-8-5-9-13-18/h4-15,20-21,26H,1H2,2-3H3. The summed E-state index contributed by atoms with van der Waals surface area (Å²) in [4.78, 5) is 41.6. The van der Waals surface area contributed by atoms with Crippen LogP contribution in [-0.2, 0) is 14.2 Å². The molecule has 0 N–H and O–H groups in total. The van der Waals surface area contributed by atoms with E-state index >= 15 is 0 Å². The van der Waals surface area contributed by atoms with Crippen molar-refractivity contribution in [2.24, 2.45) is 0 Å². The number of hydrogen-bond donors (Lipinski definition) is 0. The fraction of sp³-hybridized carbons (Fsp3) is 0.222. The minimum absolute atomic E-state index is 0.0590. The number of nitrogens with zero attached hydrogens (tertiary/aromatic N) is 5. The zero-order valence-electron chi connectivity index (χ0n) is 20.1. The Bertz CT molecular complexity index is 1470. The Balaban J connectivity index is 1.46. The van der Waals surface area contributed by atoms with Gasteiger partial charge in [-0.1, -0.05) is 43.0 Å². The summed E-state index contributed by atoms with van der Waals surface area (Å²) in [7, 11) is 0. The SMILES string of the molecule is C=C1OC(n2cnc3c(N(C(=O)c4ccccc4)C(=O)c4ccccc4)ncnc32)C2OC(C)(C)OC12. The van der Waals surface area contributed by atoms with Gasteiger partial charge in [-0.25, -0.2) is 19.9 Å². The molecule has 0 spiro atoms. The van der Waals surface area contributed by atoms with Gasteiger partial charge in [0.15, 0.2) is 28.9 Å². The number of carbonyl (C=O) groups is 2. The van der Waals surface area contributed by atoms with E-state index in [1.807, 2.05) is 13.8 Å². The molecule has 3 unspecified atom stereocenters. The quantitative estimate of drug-likeness (QED) is 0.391. The van der Waals surface area contributed by atoms with E-state index in [0.29, 0.717) is 22.5 Å². The summed E-state index contributed by atoms with van der Waals surface area (Å²) in [6, 6.07) is 17.1. The second-order valence-electron chi connectivity index (χ2n) is 9.19. The predicted octanol–water partition coefficient (Wildman–Crippen LogP) is 3.88. The monoisotopic (exact) mass is 497 g/mol. The Kier molecular flexibility index (Phi) is 5.36. The fourth-order valence-corrected chi connectivity index (χ4v) is 4.64. The van der Waals surface area contributed by atoms with Crippen molar-refractivity contribution in [1.29, 1.82) is 0 Å². The number of ether oxygens (including phenoxy) is 3. The molecule has 0 aliphatic carbocycles. The largest absolute Gasteiger partial charge is 0.469 e. The van der Waals surface area contributed by atoms with Crippen molar-refractivity contribution >= 4 is 28.8 Å². The highest BCUT2D eigenvalue weighted by molar-refractivity contribution is 6.27. The van der Waals surface area contributed by atoms with Crippen molar-refractivity contribution in [3.63, 3.8) is 0 Å². The first kappa shape index (κ1) is 23.0. The summed E-state index contributed by atoms with van der Waals surface area (Å²) in [5.41, 5.74) is 1.28. The molecule has 186 valence electrons. The Labute approximate surface area is 212 Å². The molecule has 2 amide bonds. The minimum Gasteiger partial charge on any atom is -0.469 e. The molecule has 10 nitrogen and oxygen atoms in total. The number of imidazole rings is 1. The number of hydrogen-bond acceptors (Lipinski definition) is 8. The van der Waals surface area contributed by atoms with Crippen LogP contribution in [0.15, 0.2) is 85.7 Å². The molecule has 3 atom stereocenters. The van der Waals surface area contributed by atoms with E-state index in [2.05, 4.69) is 21.5 Å². The van der Waals surface area contributed by atoms with Crippen LogP contribution in [-0.4, -0.2) is 49.3 Å². The molecule has 6 rings (SSSR count). The third-order valence-corrected chi connectivity index (χ3v) is 6.27. The number of aromatic nitrogens is 4. The minimum atomic E-state index is -0.808. The van der Waals surface area contributed by atoms with E-state index in [4.69, 9.17) is 14.2 Å². The lowest BCUT2D eigenvalue weighted by molar-refractivity contribution is -0.173. The average molecular weight is 498 g/mol. The normalized spacial score (nSPS) is 22.0. The van der Waals surface area contributed by atoms with Gasteiger partial charge in [-0.05, 0) is 38.1 Å². The highest BCUT2D eigenvalue weighted by Gasteiger charge is 2.54. The lowest BCUT2D eigenvalue weighted by atomic mass is 10.1. The molecule has 4 aromatic rings. The first-order valence-electron chi connectivity index (χ1n) is 11.7. The first-order chi connectivity index (χ1) is 17.8. The Morgan fingerprint density at radius 1 is 0.919 bits per heavy atom. The van der Waals surface area contributed by atoms with Crippen molar-refractivity contribution in [3.05, 3.63) is 96.8 Å². The molecule has 0 bridgehead atoms. The molecule has 4 heterocycles. The number of imide groups is 1. The molecular weight excluding hydrogens is 474 g/mol. The molecule has 2 saturated heterocycles. The highest BCUT2D eigenvalue weighted by Crippen LogP contribution is 2.45. The van der Waals surface area contributed by atoms with Crippen molar-refractivity contribution in [2.75, 3.05) is 4.90 Å². The highest BCUT2D eigenvalue weighted by atomic mass is 16.8. The second kappa shape index (κ2) is 8.61. The van der Waals surface area contributed by atoms with Crippen molar-refractivity contribution in [2.45, 2.75) is 38.1 Å². The summed E-state index contributed by atoms with van der Waals surface area (Å²) >= 11 is 0. The Morgan fingerprint density at radius 3 is 2.16 bits per heavy atom. The van der Waals surface area contributed by atoms with Crippen LogP contribution >= 0.6 is 0 Å². The van der Waals surface area contributed by atoms with E-state index in [9.17, 15) is 9.59 Å². The van der Waals surface area contributed by atoms with Crippen molar-refractivity contribution in [3.8, 4) is 0 Å². The van der Waals surface area contributed by atoms with Crippen molar-refractivity contribution in [1.82, 2.24) is 19.5 Å². The molecule has 2 aromatic carbocycles. The molecular formula is C27H23N5O5. The fourth-order valence-electron chi connectivity index (χ4n) is 4.64. The van der Waals surface area contributed by atoms with E-state index in [-0.39, 0.29) is 11.3 Å². The third kappa shape index (κ3) is 3.87. The van der Waals surface area contributed by atoms with Gasteiger partial charge in [-0.2, -0.15) is 0 Å². The predicted molar refractivity (Wildman–Crippen MR) is 132 cm³/mol. The summed E-state index contributed by atoms with van der Waals surface area (Å²) in [6.07, 6.45) is 1.23. The van der Waals surface area contributed by atoms with Crippen LogP contribution in [0.1, 0.15) is 40.8 Å². The maximum absolute atomic E-state index is 13.7. The van der Waals surface area contributed by atoms with Crippen LogP contribution in [0.3, 0.4) is 0 Å². The molecule has 2 fully saturated rings. The number of benzene rings is 2. The van der Waals surface area contributed by atoms with Gasteiger partial charge in [0, 0.05) is 11.1 Å². The smallest absolute Gasteiger partial charge is 0.266 e. The number of rotatable bonds is 4. The van der Waals surface area contributed by atoms with Gasteiger partial charge >= 0.3 is 0 Å². The van der Waals surface area contributed by atoms with Gasteiger partial charge in [-0.15, -0.1) is 0 Å². The van der Waals surface area contributed by atoms with Gasteiger partial charge in [0.05, 0.1) is 0 Å². The van der Waals surface area contributed by atoms with E-state index in [1.54, 1.807) is 65.2 Å². The zero-order valence-corrected chi connectivity index (χ0v) is 20.1. The Morgan fingerprint density at radius 2 is 1.54 bits per heavy atom. The number of amides is 2. The summed E-state index contributed by atoms with van der Waals surface area (Å²) in [5, 5.41) is 0.